The molecule has 0 aliphatic heterocycles. The summed E-state index contributed by atoms with van der Waals surface area (Å²) in [6.07, 6.45) is -0.270. The Balaban J connectivity index is 2.28. The first-order chi connectivity index (χ1) is 4.79. The van der Waals surface area contributed by atoms with E-state index < -0.39 is 0 Å². The summed E-state index contributed by atoms with van der Waals surface area (Å²) in [5, 5.41) is 16.4. The van der Waals surface area contributed by atoms with E-state index in [0.717, 1.165) is 4.34 Å². The van der Waals surface area contributed by atoms with Gasteiger partial charge in [-0.2, -0.15) is 0 Å². The second kappa shape index (κ2) is 3.90. The molecule has 0 spiro atoms. The van der Waals surface area contributed by atoms with Crippen LogP contribution in [0.3, 0.4) is 0 Å². The molecule has 0 saturated carbocycles. The van der Waals surface area contributed by atoms with Crippen LogP contribution in [0.2, 0.25) is 0 Å². The van der Waals surface area contributed by atoms with E-state index in [0.29, 0.717) is 5.75 Å². The first kappa shape index (κ1) is 7.97. The van der Waals surface area contributed by atoms with Crippen molar-refractivity contribution in [3.63, 3.8) is 0 Å². The van der Waals surface area contributed by atoms with Crippen molar-refractivity contribution < 1.29 is 5.11 Å². The van der Waals surface area contributed by atoms with E-state index in [9.17, 15) is 0 Å². The second-order valence-corrected chi connectivity index (χ2v) is 3.97. The molecule has 0 amide bonds. The zero-order chi connectivity index (χ0) is 7.40. The Bertz CT molecular complexity index is 176. The van der Waals surface area contributed by atoms with Crippen LogP contribution in [0.4, 0.5) is 0 Å². The smallest absolute Gasteiger partial charge is 0.174 e. The Kier molecular flexibility index (Phi) is 3.11. The highest BCUT2D eigenvalue weighted by Gasteiger charge is 1.99. The summed E-state index contributed by atoms with van der Waals surface area (Å²) in [4.78, 5) is 0. The minimum atomic E-state index is -0.270. The Morgan fingerprint density at radius 1 is 1.90 bits per heavy atom. The average molecular weight is 176 g/mol. The van der Waals surface area contributed by atoms with E-state index in [1.807, 2.05) is 0 Å². The van der Waals surface area contributed by atoms with Gasteiger partial charge in [-0.3, -0.25) is 0 Å². The fraction of sp³-hybridized carbons (Fsp3) is 0.600. The largest absolute Gasteiger partial charge is 0.393 e. The van der Waals surface area contributed by atoms with E-state index in [2.05, 4.69) is 10.2 Å². The fourth-order valence-electron chi connectivity index (χ4n) is 0.418. The highest BCUT2D eigenvalue weighted by Crippen LogP contribution is 2.19. The lowest BCUT2D eigenvalue weighted by atomic mass is 10.5. The van der Waals surface area contributed by atoms with Crippen LogP contribution < -0.4 is 0 Å². The number of aliphatic hydroxyl groups is 1. The van der Waals surface area contributed by atoms with Crippen molar-refractivity contribution in [2.45, 2.75) is 17.4 Å². The van der Waals surface area contributed by atoms with Gasteiger partial charge in [0.25, 0.3) is 0 Å². The number of aliphatic hydroxyl groups excluding tert-OH is 1. The summed E-state index contributed by atoms with van der Waals surface area (Å²) >= 11 is 3.02. The molecule has 1 aromatic heterocycles. The molecular weight excluding hydrogens is 168 g/mol. The van der Waals surface area contributed by atoms with Gasteiger partial charge < -0.3 is 5.11 Å². The van der Waals surface area contributed by atoms with Crippen LogP contribution in [0.15, 0.2) is 9.85 Å². The van der Waals surface area contributed by atoms with Gasteiger partial charge >= 0.3 is 0 Å². The molecule has 56 valence electrons. The van der Waals surface area contributed by atoms with Gasteiger partial charge in [0.05, 0.1) is 6.10 Å². The highest BCUT2D eigenvalue weighted by atomic mass is 32.2. The molecular formula is C5H8N2OS2. The summed E-state index contributed by atoms with van der Waals surface area (Å²) in [5.74, 6) is 0.690. The van der Waals surface area contributed by atoms with Crippen LogP contribution in [0, 0.1) is 0 Å². The number of hydrogen-bond donors (Lipinski definition) is 1. The van der Waals surface area contributed by atoms with Crippen molar-refractivity contribution in [3.05, 3.63) is 5.51 Å². The van der Waals surface area contributed by atoms with Gasteiger partial charge in [-0.05, 0) is 6.92 Å². The van der Waals surface area contributed by atoms with Gasteiger partial charge in [-0.15, -0.1) is 10.2 Å². The van der Waals surface area contributed by atoms with Crippen molar-refractivity contribution in [2.75, 3.05) is 5.75 Å². The van der Waals surface area contributed by atoms with Crippen LogP contribution in [-0.4, -0.2) is 27.2 Å². The van der Waals surface area contributed by atoms with Crippen LogP contribution >= 0.6 is 23.1 Å². The van der Waals surface area contributed by atoms with Gasteiger partial charge in [0.15, 0.2) is 4.34 Å². The first-order valence-electron chi connectivity index (χ1n) is 2.86. The Morgan fingerprint density at radius 3 is 3.20 bits per heavy atom. The molecule has 1 atom stereocenters. The summed E-state index contributed by atoms with van der Waals surface area (Å²) in [7, 11) is 0. The van der Waals surface area contributed by atoms with Crippen molar-refractivity contribution in [1.29, 1.82) is 0 Å². The van der Waals surface area contributed by atoms with E-state index >= 15 is 0 Å². The average Bonchev–Trinajstić information content (AvgIpc) is 2.34. The zero-order valence-corrected chi connectivity index (χ0v) is 7.15. The number of aromatic nitrogens is 2. The lowest BCUT2D eigenvalue weighted by Gasteiger charge is -1.98. The molecule has 0 fully saturated rings. The SMILES string of the molecule is C[C@H](O)CSc1nncs1. The Morgan fingerprint density at radius 2 is 2.70 bits per heavy atom. The Hall–Kier alpha value is -0.130. The van der Waals surface area contributed by atoms with Gasteiger partial charge in [-0.25, -0.2) is 0 Å². The molecule has 3 nitrogen and oxygen atoms in total. The molecule has 0 radical (unpaired) electrons. The third-order valence-corrected chi connectivity index (χ3v) is 2.89. The molecule has 0 aliphatic carbocycles. The standard InChI is InChI=1S/C5H8N2OS2/c1-4(8)2-9-5-7-6-3-10-5/h3-4,8H,2H2,1H3/t4-/m0/s1. The number of hydrogen-bond acceptors (Lipinski definition) is 5. The third kappa shape index (κ3) is 2.64. The molecule has 0 unspecified atom stereocenters. The summed E-state index contributed by atoms with van der Waals surface area (Å²) in [6, 6.07) is 0. The van der Waals surface area contributed by atoms with Crippen LogP contribution in [0.25, 0.3) is 0 Å². The molecule has 1 rings (SSSR count). The van der Waals surface area contributed by atoms with Gasteiger partial charge in [0.1, 0.15) is 5.51 Å². The molecule has 0 aromatic carbocycles. The van der Waals surface area contributed by atoms with Gasteiger partial charge in [-0.1, -0.05) is 23.1 Å². The molecule has 0 aliphatic rings. The summed E-state index contributed by atoms with van der Waals surface area (Å²) in [5.41, 5.74) is 1.68. The maximum absolute atomic E-state index is 8.89. The maximum Gasteiger partial charge on any atom is 0.174 e. The quantitative estimate of drug-likeness (QED) is 0.698. The molecule has 1 N–H and O–H groups in total. The third-order valence-electron chi connectivity index (χ3n) is 0.788. The number of nitrogens with zero attached hydrogens (tertiary/aromatic N) is 2. The van der Waals surface area contributed by atoms with Crippen molar-refractivity contribution in [3.8, 4) is 0 Å². The first-order valence-corrected chi connectivity index (χ1v) is 4.72. The van der Waals surface area contributed by atoms with Crippen molar-refractivity contribution in [2.24, 2.45) is 0 Å². The normalized spacial score (nSPS) is 13.4. The van der Waals surface area contributed by atoms with Crippen molar-refractivity contribution in [1.82, 2.24) is 10.2 Å². The van der Waals surface area contributed by atoms with Gasteiger partial charge in [0.2, 0.25) is 0 Å². The molecule has 1 heterocycles. The van der Waals surface area contributed by atoms with E-state index in [1.54, 1.807) is 12.4 Å². The number of thioether (sulfide) groups is 1. The minimum absolute atomic E-state index is 0.270. The number of rotatable bonds is 3. The predicted octanol–water partition coefficient (Wildman–Crippen LogP) is 1.01. The monoisotopic (exact) mass is 176 g/mol. The maximum atomic E-state index is 8.89. The van der Waals surface area contributed by atoms with E-state index in [4.69, 9.17) is 5.11 Å². The second-order valence-electron chi connectivity index (χ2n) is 1.86. The molecule has 10 heavy (non-hydrogen) atoms. The van der Waals surface area contributed by atoms with E-state index in [-0.39, 0.29) is 6.10 Å². The topological polar surface area (TPSA) is 46.0 Å². The predicted molar refractivity (Wildman–Crippen MR) is 42.3 cm³/mol. The van der Waals surface area contributed by atoms with Crippen LogP contribution in [0.5, 0.6) is 0 Å². The van der Waals surface area contributed by atoms with E-state index in [1.165, 1.54) is 23.1 Å². The highest BCUT2D eigenvalue weighted by molar-refractivity contribution is 8.01. The Labute approximate surface area is 67.5 Å². The fourth-order valence-corrected chi connectivity index (χ4v) is 1.79. The molecule has 0 bridgehead atoms. The molecule has 5 heteroatoms. The molecule has 0 saturated heterocycles. The molecule has 1 aromatic rings. The van der Waals surface area contributed by atoms with Crippen LogP contribution in [-0.2, 0) is 0 Å². The lowest BCUT2D eigenvalue weighted by Crippen LogP contribution is -2.01. The van der Waals surface area contributed by atoms with Crippen molar-refractivity contribution >= 4 is 23.1 Å². The summed E-state index contributed by atoms with van der Waals surface area (Å²) < 4.78 is 0.918. The zero-order valence-electron chi connectivity index (χ0n) is 5.52. The lowest BCUT2D eigenvalue weighted by molar-refractivity contribution is 0.220. The van der Waals surface area contributed by atoms with Gasteiger partial charge in [0, 0.05) is 5.75 Å². The minimum Gasteiger partial charge on any atom is -0.393 e. The summed E-state index contributed by atoms with van der Waals surface area (Å²) in [6.45, 7) is 1.76. The van der Waals surface area contributed by atoms with Crippen LogP contribution in [0.1, 0.15) is 6.92 Å².